The molecule has 1 aromatic heterocycles. The molecular weight excluding hydrogens is 276 g/mol. The van der Waals surface area contributed by atoms with Crippen LogP contribution in [0.15, 0.2) is 10.5 Å². The number of esters is 1. The van der Waals surface area contributed by atoms with Crippen molar-refractivity contribution in [1.82, 2.24) is 0 Å². The summed E-state index contributed by atoms with van der Waals surface area (Å²) < 4.78 is 11.8. The largest absolute Gasteiger partial charge is 0.466 e. The Morgan fingerprint density at radius 2 is 2.23 bits per heavy atom. The summed E-state index contributed by atoms with van der Waals surface area (Å²) >= 11 is 0. The number of carbonyl (C=O) groups is 1. The van der Waals surface area contributed by atoms with E-state index in [1.165, 1.54) is 29.9 Å². The fraction of sp³-hybridized carbons (Fsp3) is 0.737. The van der Waals surface area contributed by atoms with Gasteiger partial charge < -0.3 is 9.15 Å². The lowest BCUT2D eigenvalue weighted by Crippen LogP contribution is -2.48. The van der Waals surface area contributed by atoms with E-state index in [4.69, 9.17) is 9.15 Å². The van der Waals surface area contributed by atoms with Crippen LogP contribution in [0.5, 0.6) is 0 Å². The Bertz CT molecular complexity index is 588. The molecule has 120 valence electrons. The molecule has 2 aliphatic carbocycles. The number of fused-ring (bicyclic) bond motifs is 5. The van der Waals surface area contributed by atoms with E-state index in [1.54, 1.807) is 0 Å². The van der Waals surface area contributed by atoms with Gasteiger partial charge in [-0.1, -0.05) is 20.3 Å². The summed E-state index contributed by atoms with van der Waals surface area (Å²) in [5, 5.41) is 0. The van der Waals surface area contributed by atoms with Gasteiger partial charge in [-0.2, -0.15) is 0 Å². The fourth-order valence-electron chi connectivity index (χ4n) is 5.12. The summed E-state index contributed by atoms with van der Waals surface area (Å²) in [5.74, 6) is 3.51. The molecule has 1 saturated carbocycles. The predicted octanol–water partition coefficient (Wildman–Crippen LogP) is 4.17. The molecule has 1 saturated heterocycles. The van der Waals surface area contributed by atoms with E-state index in [1.807, 2.05) is 0 Å². The third kappa shape index (κ3) is 2.04. The molecule has 4 atom stereocenters. The number of unbranched alkanes of at least 4 members (excludes halogenated alkanes) is 1. The van der Waals surface area contributed by atoms with Crippen LogP contribution in [0.4, 0.5) is 0 Å². The smallest absolute Gasteiger partial charge is 0.306 e. The van der Waals surface area contributed by atoms with Crippen molar-refractivity contribution in [2.75, 3.05) is 0 Å². The summed E-state index contributed by atoms with van der Waals surface area (Å²) in [7, 11) is 0. The van der Waals surface area contributed by atoms with Gasteiger partial charge in [-0.05, 0) is 43.1 Å². The molecule has 1 aliphatic heterocycles. The highest BCUT2D eigenvalue weighted by Crippen LogP contribution is 2.56. The van der Waals surface area contributed by atoms with Crippen molar-refractivity contribution < 1.29 is 13.9 Å². The van der Waals surface area contributed by atoms with Gasteiger partial charge in [0.25, 0.3) is 0 Å². The standard InChI is InChI=1S/C19H26O3/c1-3-4-5-12-10-15-17(21-12)11-14-13-6-7-18(20)22-16(13)8-9-19(14,15)2/h10,13-14,16H,3-9,11H2,1-2H3/t13-,14-,16+,19-/m0/s1. The molecule has 22 heavy (non-hydrogen) atoms. The molecule has 0 spiro atoms. The summed E-state index contributed by atoms with van der Waals surface area (Å²) in [4.78, 5) is 11.6. The molecule has 4 rings (SSSR count). The molecule has 3 nitrogen and oxygen atoms in total. The highest BCUT2D eigenvalue weighted by Gasteiger charge is 2.55. The second-order valence-electron chi connectivity index (χ2n) is 7.65. The Labute approximate surface area is 132 Å². The summed E-state index contributed by atoms with van der Waals surface area (Å²) in [6, 6.07) is 2.33. The van der Waals surface area contributed by atoms with Crippen molar-refractivity contribution in [1.29, 1.82) is 0 Å². The molecule has 1 aromatic rings. The molecule has 0 amide bonds. The quantitative estimate of drug-likeness (QED) is 0.787. The number of aryl methyl sites for hydroxylation is 1. The lowest BCUT2D eigenvalue weighted by Gasteiger charge is -2.47. The topological polar surface area (TPSA) is 39.4 Å². The number of hydrogen-bond donors (Lipinski definition) is 0. The van der Waals surface area contributed by atoms with E-state index < -0.39 is 0 Å². The van der Waals surface area contributed by atoms with Gasteiger partial charge in [0.05, 0.1) is 0 Å². The third-order valence-corrected chi connectivity index (χ3v) is 6.38. The second-order valence-corrected chi connectivity index (χ2v) is 7.65. The van der Waals surface area contributed by atoms with Crippen molar-refractivity contribution in [3.63, 3.8) is 0 Å². The molecule has 3 aliphatic rings. The normalized spacial score (nSPS) is 36.5. The maximum Gasteiger partial charge on any atom is 0.306 e. The first-order chi connectivity index (χ1) is 10.6. The minimum absolute atomic E-state index is 0.00125. The summed E-state index contributed by atoms with van der Waals surface area (Å²) in [6.07, 6.45) is 8.39. The lowest BCUT2D eigenvalue weighted by molar-refractivity contribution is -0.166. The van der Waals surface area contributed by atoms with Crippen LogP contribution in [0.1, 0.15) is 69.5 Å². The van der Waals surface area contributed by atoms with E-state index in [0.29, 0.717) is 18.3 Å². The van der Waals surface area contributed by atoms with Crippen LogP contribution in [-0.2, 0) is 27.8 Å². The van der Waals surface area contributed by atoms with Crippen LogP contribution in [0, 0.1) is 11.8 Å². The van der Waals surface area contributed by atoms with Crippen LogP contribution in [-0.4, -0.2) is 12.1 Å². The van der Waals surface area contributed by atoms with E-state index >= 15 is 0 Å². The van der Waals surface area contributed by atoms with Crippen LogP contribution < -0.4 is 0 Å². The van der Waals surface area contributed by atoms with Gasteiger partial charge in [0.15, 0.2) is 0 Å². The number of rotatable bonds is 3. The van der Waals surface area contributed by atoms with Crippen molar-refractivity contribution >= 4 is 5.97 Å². The highest BCUT2D eigenvalue weighted by molar-refractivity contribution is 5.70. The van der Waals surface area contributed by atoms with Gasteiger partial charge in [-0.3, -0.25) is 4.79 Å². The van der Waals surface area contributed by atoms with Crippen molar-refractivity contribution in [3.8, 4) is 0 Å². The molecule has 0 radical (unpaired) electrons. The van der Waals surface area contributed by atoms with Crippen LogP contribution in [0.2, 0.25) is 0 Å². The van der Waals surface area contributed by atoms with Gasteiger partial charge >= 0.3 is 5.97 Å². The zero-order chi connectivity index (χ0) is 15.3. The Hall–Kier alpha value is -1.25. The van der Waals surface area contributed by atoms with Crippen molar-refractivity contribution in [3.05, 3.63) is 23.2 Å². The molecule has 3 heteroatoms. The zero-order valence-electron chi connectivity index (χ0n) is 13.7. The number of hydrogen-bond acceptors (Lipinski definition) is 3. The van der Waals surface area contributed by atoms with E-state index in [2.05, 4.69) is 19.9 Å². The molecule has 2 fully saturated rings. The minimum Gasteiger partial charge on any atom is -0.466 e. The number of furan rings is 1. The van der Waals surface area contributed by atoms with Crippen molar-refractivity contribution in [2.24, 2.45) is 11.8 Å². The number of ether oxygens (including phenoxy) is 1. The first-order valence-electron chi connectivity index (χ1n) is 8.93. The van der Waals surface area contributed by atoms with Crippen LogP contribution >= 0.6 is 0 Å². The van der Waals surface area contributed by atoms with Gasteiger partial charge in [0.1, 0.15) is 17.6 Å². The molecule has 0 unspecified atom stereocenters. The Morgan fingerprint density at radius 1 is 1.36 bits per heavy atom. The molecule has 2 heterocycles. The summed E-state index contributed by atoms with van der Waals surface area (Å²) in [6.45, 7) is 4.63. The Kier molecular flexibility index (Phi) is 3.35. The third-order valence-electron chi connectivity index (χ3n) is 6.38. The van der Waals surface area contributed by atoms with Gasteiger partial charge in [-0.15, -0.1) is 0 Å². The van der Waals surface area contributed by atoms with Crippen LogP contribution in [0.25, 0.3) is 0 Å². The van der Waals surface area contributed by atoms with Crippen molar-refractivity contribution in [2.45, 2.75) is 76.7 Å². The lowest BCUT2D eigenvalue weighted by atomic mass is 9.60. The maximum absolute atomic E-state index is 11.6. The number of carbonyl (C=O) groups excluding carboxylic acids is 1. The van der Waals surface area contributed by atoms with Crippen LogP contribution in [0.3, 0.4) is 0 Å². The second kappa shape index (κ2) is 5.14. The first kappa shape index (κ1) is 14.3. The molecule has 0 bridgehead atoms. The molecule has 0 N–H and O–H groups in total. The Balaban J connectivity index is 1.59. The van der Waals surface area contributed by atoms with E-state index in [-0.39, 0.29) is 17.5 Å². The zero-order valence-corrected chi connectivity index (χ0v) is 13.7. The minimum atomic E-state index is 0.00125. The van der Waals surface area contributed by atoms with E-state index in [9.17, 15) is 4.79 Å². The van der Waals surface area contributed by atoms with Gasteiger partial charge in [-0.25, -0.2) is 0 Å². The van der Waals surface area contributed by atoms with Gasteiger partial charge in [0, 0.05) is 30.7 Å². The maximum atomic E-state index is 11.6. The fourth-order valence-corrected chi connectivity index (χ4v) is 5.12. The predicted molar refractivity (Wildman–Crippen MR) is 83.7 cm³/mol. The van der Waals surface area contributed by atoms with Gasteiger partial charge in [0.2, 0.25) is 0 Å². The average molecular weight is 302 g/mol. The highest BCUT2D eigenvalue weighted by atomic mass is 16.5. The first-order valence-corrected chi connectivity index (χ1v) is 8.93. The molecule has 0 aromatic carbocycles. The summed E-state index contributed by atoms with van der Waals surface area (Å²) in [5.41, 5.74) is 1.69. The molecular formula is C19H26O3. The monoisotopic (exact) mass is 302 g/mol. The Morgan fingerprint density at radius 3 is 3.05 bits per heavy atom. The van der Waals surface area contributed by atoms with E-state index in [0.717, 1.165) is 32.1 Å². The SMILES string of the molecule is CCCCc1cc2c(o1)C[C@H]1[C@@H]3CCC(=O)O[C@@H]3CC[C@]21C. The average Bonchev–Trinajstić information content (AvgIpc) is 3.02.